The van der Waals surface area contributed by atoms with Gasteiger partial charge in [-0.05, 0) is 43.7 Å². The molecule has 122 valence electrons. The normalized spacial score (nSPS) is 13.4. The molecule has 0 aromatic heterocycles. The van der Waals surface area contributed by atoms with E-state index in [9.17, 15) is 13.6 Å². The third-order valence-corrected chi connectivity index (χ3v) is 3.67. The van der Waals surface area contributed by atoms with Gasteiger partial charge in [0.15, 0.2) is 0 Å². The van der Waals surface area contributed by atoms with Crippen LogP contribution in [0.25, 0.3) is 0 Å². The summed E-state index contributed by atoms with van der Waals surface area (Å²) in [5.41, 5.74) is 0.880. The Balaban J connectivity index is 1.99. The van der Waals surface area contributed by atoms with E-state index >= 15 is 0 Å². The van der Waals surface area contributed by atoms with Gasteiger partial charge in [-0.1, -0.05) is 23.7 Å². The molecular weight excluding hydrogens is 322 g/mol. The van der Waals surface area contributed by atoms with Crippen LogP contribution in [0.3, 0.4) is 0 Å². The SMILES string of the molecule is CC(NC(C)c1cccc(Cl)c1)C(=O)Nc1ccc(F)cc1F. The molecule has 2 unspecified atom stereocenters. The minimum absolute atomic E-state index is 0.0551. The summed E-state index contributed by atoms with van der Waals surface area (Å²) in [5.74, 6) is -1.92. The minimum atomic E-state index is -0.812. The molecule has 2 aromatic rings. The summed E-state index contributed by atoms with van der Waals surface area (Å²) >= 11 is 5.95. The predicted molar refractivity (Wildman–Crippen MR) is 87.5 cm³/mol. The fourth-order valence-electron chi connectivity index (χ4n) is 2.15. The quantitative estimate of drug-likeness (QED) is 0.853. The number of carbonyl (C=O) groups is 1. The van der Waals surface area contributed by atoms with E-state index in [-0.39, 0.29) is 11.7 Å². The minimum Gasteiger partial charge on any atom is -0.322 e. The molecule has 3 nitrogen and oxygen atoms in total. The summed E-state index contributed by atoms with van der Waals surface area (Å²) in [4.78, 5) is 12.1. The van der Waals surface area contributed by atoms with Gasteiger partial charge in [0.05, 0.1) is 11.7 Å². The third-order valence-electron chi connectivity index (χ3n) is 3.43. The lowest BCUT2D eigenvalue weighted by Gasteiger charge is -2.20. The van der Waals surface area contributed by atoms with Gasteiger partial charge >= 0.3 is 0 Å². The molecule has 0 bridgehead atoms. The van der Waals surface area contributed by atoms with Crippen molar-refractivity contribution in [3.8, 4) is 0 Å². The van der Waals surface area contributed by atoms with Crippen LogP contribution in [0.5, 0.6) is 0 Å². The monoisotopic (exact) mass is 338 g/mol. The van der Waals surface area contributed by atoms with Crippen LogP contribution >= 0.6 is 11.6 Å². The van der Waals surface area contributed by atoms with Gasteiger partial charge in [-0.2, -0.15) is 0 Å². The van der Waals surface area contributed by atoms with Crippen molar-refractivity contribution in [3.05, 3.63) is 64.7 Å². The molecule has 0 heterocycles. The number of carbonyl (C=O) groups excluding carboxylic acids is 1. The topological polar surface area (TPSA) is 41.1 Å². The number of nitrogens with one attached hydrogen (secondary N) is 2. The molecule has 0 saturated carbocycles. The largest absolute Gasteiger partial charge is 0.322 e. The molecule has 1 amide bonds. The van der Waals surface area contributed by atoms with Gasteiger partial charge in [0.25, 0.3) is 0 Å². The Morgan fingerprint density at radius 1 is 1.13 bits per heavy atom. The highest BCUT2D eigenvalue weighted by Gasteiger charge is 2.18. The van der Waals surface area contributed by atoms with Crippen LogP contribution in [0.4, 0.5) is 14.5 Å². The molecule has 0 spiro atoms. The summed E-state index contributed by atoms with van der Waals surface area (Å²) in [6.07, 6.45) is 0. The first-order valence-electron chi connectivity index (χ1n) is 7.14. The first kappa shape index (κ1) is 17.4. The van der Waals surface area contributed by atoms with Crippen molar-refractivity contribution in [1.29, 1.82) is 0 Å². The van der Waals surface area contributed by atoms with Crippen LogP contribution in [0, 0.1) is 11.6 Å². The summed E-state index contributed by atoms with van der Waals surface area (Å²) in [6.45, 7) is 3.56. The van der Waals surface area contributed by atoms with Gasteiger partial charge < -0.3 is 5.32 Å². The zero-order valence-corrected chi connectivity index (χ0v) is 13.5. The van der Waals surface area contributed by atoms with Gasteiger partial charge in [0.1, 0.15) is 11.6 Å². The van der Waals surface area contributed by atoms with Crippen molar-refractivity contribution in [3.63, 3.8) is 0 Å². The Hall–Kier alpha value is -1.98. The Morgan fingerprint density at radius 3 is 2.52 bits per heavy atom. The highest BCUT2D eigenvalue weighted by molar-refractivity contribution is 6.30. The first-order valence-corrected chi connectivity index (χ1v) is 7.52. The predicted octanol–water partition coefficient (Wildman–Crippen LogP) is 4.30. The second-order valence-electron chi connectivity index (χ2n) is 5.28. The highest BCUT2D eigenvalue weighted by atomic mass is 35.5. The fraction of sp³-hybridized carbons (Fsp3) is 0.235. The molecule has 0 radical (unpaired) electrons. The molecule has 6 heteroatoms. The Kier molecular flexibility index (Phi) is 5.69. The average molecular weight is 339 g/mol. The van der Waals surface area contributed by atoms with Crippen LogP contribution < -0.4 is 10.6 Å². The third kappa shape index (κ3) is 4.74. The number of anilines is 1. The maximum absolute atomic E-state index is 13.6. The Bertz CT molecular complexity index is 709. The highest BCUT2D eigenvalue weighted by Crippen LogP contribution is 2.19. The first-order chi connectivity index (χ1) is 10.9. The molecule has 23 heavy (non-hydrogen) atoms. The van der Waals surface area contributed by atoms with Crippen LogP contribution in [-0.4, -0.2) is 11.9 Å². The lowest BCUT2D eigenvalue weighted by atomic mass is 10.1. The van der Waals surface area contributed by atoms with Crippen LogP contribution in [0.15, 0.2) is 42.5 Å². The molecule has 2 N–H and O–H groups in total. The van der Waals surface area contributed by atoms with E-state index in [4.69, 9.17) is 11.6 Å². The smallest absolute Gasteiger partial charge is 0.241 e. The van der Waals surface area contributed by atoms with Crippen molar-refractivity contribution >= 4 is 23.2 Å². The van der Waals surface area contributed by atoms with Gasteiger partial charge in [0.2, 0.25) is 5.91 Å². The van der Waals surface area contributed by atoms with E-state index in [0.29, 0.717) is 5.02 Å². The summed E-state index contributed by atoms with van der Waals surface area (Å²) in [5, 5.41) is 6.16. The zero-order chi connectivity index (χ0) is 17.0. The number of amides is 1. The van der Waals surface area contributed by atoms with Crippen molar-refractivity contribution in [2.45, 2.75) is 25.9 Å². The van der Waals surface area contributed by atoms with Gasteiger partial charge in [0, 0.05) is 17.1 Å². The maximum atomic E-state index is 13.6. The molecular formula is C17H17ClF2N2O. The zero-order valence-electron chi connectivity index (χ0n) is 12.7. The molecule has 2 atom stereocenters. The summed E-state index contributed by atoms with van der Waals surface area (Å²) < 4.78 is 26.4. The van der Waals surface area contributed by atoms with Crippen molar-refractivity contribution in [2.75, 3.05) is 5.32 Å². The van der Waals surface area contributed by atoms with E-state index in [1.165, 1.54) is 6.07 Å². The summed E-state index contributed by atoms with van der Waals surface area (Å²) in [7, 11) is 0. The van der Waals surface area contributed by atoms with Gasteiger partial charge in [-0.3, -0.25) is 10.1 Å². The van der Waals surface area contributed by atoms with Crippen molar-refractivity contribution < 1.29 is 13.6 Å². The average Bonchev–Trinajstić information content (AvgIpc) is 2.49. The Labute approximate surface area is 138 Å². The molecule has 2 aromatic carbocycles. The number of hydrogen-bond acceptors (Lipinski definition) is 2. The van der Waals surface area contributed by atoms with Crippen molar-refractivity contribution in [1.82, 2.24) is 5.32 Å². The molecule has 0 aliphatic heterocycles. The maximum Gasteiger partial charge on any atom is 0.241 e. The molecule has 2 rings (SSSR count). The van der Waals surface area contributed by atoms with Crippen LogP contribution in [-0.2, 0) is 4.79 Å². The Morgan fingerprint density at radius 2 is 1.87 bits per heavy atom. The van der Waals surface area contributed by atoms with Crippen LogP contribution in [0.2, 0.25) is 5.02 Å². The van der Waals surface area contributed by atoms with E-state index in [2.05, 4.69) is 10.6 Å². The van der Waals surface area contributed by atoms with Gasteiger partial charge in [-0.25, -0.2) is 8.78 Å². The lowest BCUT2D eigenvalue weighted by molar-refractivity contribution is -0.118. The standard InChI is InChI=1S/C17H17ClF2N2O/c1-10(12-4-3-5-13(18)8-12)21-11(2)17(23)22-16-7-6-14(19)9-15(16)20/h3-11,21H,1-2H3,(H,22,23). The fourth-order valence-corrected chi connectivity index (χ4v) is 2.35. The van der Waals surface area contributed by atoms with E-state index in [1.54, 1.807) is 13.0 Å². The number of rotatable bonds is 5. The van der Waals surface area contributed by atoms with Gasteiger partial charge in [-0.15, -0.1) is 0 Å². The molecule has 0 fully saturated rings. The second-order valence-corrected chi connectivity index (χ2v) is 5.71. The summed E-state index contributed by atoms with van der Waals surface area (Å²) in [6, 6.07) is 9.61. The second kappa shape index (κ2) is 7.53. The number of benzene rings is 2. The molecule has 0 aliphatic rings. The lowest BCUT2D eigenvalue weighted by Crippen LogP contribution is -2.39. The number of halogens is 3. The molecule has 0 aliphatic carbocycles. The number of hydrogen-bond donors (Lipinski definition) is 2. The van der Waals surface area contributed by atoms with E-state index in [0.717, 1.165) is 17.7 Å². The van der Waals surface area contributed by atoms with Crippen LogP contribution in [0.1, 0.15) is 25.5 Å². The van der Waals surface area contributed by atoms with Crippen molar-refractivity contribution in [2.24, 2.45) is 0 Å². The van der Waals surface area contributed by atoms with E-state index < -0.39 is 23.6 Å². The molecule has 0 saturated heterocycles. The van der Waals surface area contributed by atoms with E-state index in [1.807, 2.05) is 25.1 Å².